The largest absolute Gasteiger partial charge is 0.401 e. The Labute approximate surface area is 74.7 Å². The van der Waals surface area contributed by atoms with Gasteiger partial charge >= 0.3 is 6.18 Å². The highest BCUT2D eigenvalue weighted by molar-refractivity contribution is 5.85. The van der Waals surface area contributed by atoms with Crippen LogP contribution in [0.25, 0.3) is 0 Å². The lowest BCUT2D eigenvalue weighted by Gasteiger charge is -2.23. The molecule has 0 radical (unpaired) electrons. The number of carbonyl (C=O) groups is 1. The van der Waals surface area contributed by atoms with E-state index in [0.29, 0.717) is 19.3 Å². The number of halogens is 3. The summed E-state index contributed by atoms with van der Waals surface area (Å²) in [6.07, 6.45) is -2.51. The van der Waals surface area contributed by atoms with Crippen molar-refractivity contribution in [3.63, 3.8) is 0 Å². The Balaban J connectivity index is 2.47. The molecule has 1 atom stereocenters. The van der Waals surface area contributed by atoms with Gasteiger partial charge in [-0.1, -0.05) is 0 Å². The molecule has 0 bridgehead atoms. The predicted molar refractivity (Wildman–Crippen MR) is 41.3 cm³/mol. The summed E-state index contributed by atoms with van der Waals surface area (Å²) in [5, 5.41) is 0. The third-order valence-electron chi connectivity index (χ3n) is 2.23. The average Bonchev–Trinajstić information content (AvgIpc) is 2.30. The lowest BCUT2D eigenvalue weighted by molar-refractivity contribution is -0.150. The average molecular weight is 195 g/mol. The van der Waals surface area contributed by atoms with Gasteiger partial charge in [0.25, 0.3) is 0 Å². The minimum Gasteiger partial charge on any atom is -0.298 e. The van der Waals surface area contributed by atoms with E-state index in [2.05, 4.69) is 0 Å². The molecule has 76 valence electrons. The summed E-state index contributed by atoms with van der Waals surface area (Å²) >= 11 is 0. The van der Waals surface area contributed by atoms with Gasteiger partial charge in [0.1, 0.15) is 5.78 Å². The van der Waals surface area contributed by atoms with Crippen LogP contribution in [0, 0.1) is 0 Å². The molecule has 1 fully saturated rings. The van der Waals surface area contributed by atoms with Crippen molar-refractivity contribution in [2.45, 2.75) is 31.5 Å². The summed E-state index contributed by atoms with van der Waals surface area (Å²) in [5.41, 5.74) is 0. The zero-order chi connectivity index (χ0) is 10.1. The van der Waals surface area contributed by atoms with Crippen LogP contribution >= 0.6 is 0 Å². The molecule has 0 heterocycles. The van der Waals surface area contributed by atoms with E-state index in [-0.39, 0.29) is 5.78 Å². The molecular formula is C8H12F3NO. The van der Waals surface area contributed by atoms with Crippen LogP contribution in [0.4, 0.5) is 13.2 Å². The van der Waals surface area contributed by atoms with Crippen LogP contribution in [-0.4, -0.2) is 36.5 Å². The summed E-state index contributed by atoms with van der Waals surface area (Å²) < 4.78 is 35.8. The highest BCUT2D eigenvalue weighted by Crippen LogP contribution is 2.23. The second-order valence-corrected chi connectivity index (χ2v) is 3.40. The molecule has 0 aromatic heterocycles. The van der Waals surface area contributed by atoms with Crippen molar-refractivity contribution in [2.75, 3.05) is 13.6 Å². The van der Waals surface area contributed by atoms with Crippen LogP contribution in [0.5, 0.6) is 0 Å². The van der Waals surface area contributed by atoms with Gasteiger partial charge in [-0.05, 0) is 19.9 Å². The number of alkyl halides is 3. The van der Waals surface area contributed by atoms with E-state index in [9.17, 15) is 18.0 Å². The molecule has 0 spiro atoms. The van der Waals surface area contributed by atoms with E-state index in [1.165, 1.54) is 7.05 Å². The summed E-state index contributed by atoms with van der Waals surface area (Å²) in [6.45, 7) is -0.997. The molecule has 1 aliphatic rings. The van der Waals surface area contributed by atoms with Gasteiger partial charge in [0, 0.05) is 6.42 Å². The molecule has 1 aliphatic carbocycles. The van der Waals surface area contributed by atoms with E-state index in [1.54, 1.807) is 0 Å². The summed E-state index contributed by atoms with van der Waals surface area (Å²) in [6, 6.07) is -0.512. The van der Waals surface area contributed by atoms with E-state index in [4.69, 9.17) is 0 Å². The molecule has 1 unspecified atom stereocenters. The second kappa shape index (κ2) is 3.65. The molecular weight excluding hydrogens is 183 g/mol. The fraction of sp³-hybridized carbons (Fsp3) is 0.875. The van der Waals surface area contributed by atoms with E-state index in [0.717, 1.165) is 4.90 Å². The quantitative estimate of drug-likeness (QED) is 0.667. The predicted octanol–water partition coefficient (Wildman–Crippen LogP) is 1.60. The first-order valence-corrected chi connectivity index (χ1v) is 4.20. The van der Waals surface area contributed by atoms with E-state index in [1.807, 2.05) is 0 Å². The molecule has 0 N–H and O–H groups in total. The third-order valence-corrected chi connectivity index (χ3v) is 2.23. The second-order valence-electron chi connectivity index (χ2n) is 3.40. The maximum Gasteiger partial charge on any atom is 0.401 e. The smallest absolute Gasteiger partial charge is 0.298 e. The number of hydrogen-bond acceptors (Lipinski definition) is 2. The van der Waals surface area contributed by atoms with Crippen molar-refractivity contribution in [1.29, 1.82) is 0 Å². The van der Waals surface area contributed by atoms with Gasteiger partial charge in [-0.3, -0.25) is 9.69 Å². The maximum absolute atomic E-state index is 11.9. The van der Waals surface area contributed by atoms with E-state index < -0.39 is 18.8 Å². The Morgan fingerprint density at radius 3 is 2.54 bits per heavy atom. The van der Waals surface area contributed by atoms with Crippen molar-refractivity contribution >= 4 is 5.78 Å². The van der Waals surface area contributed by atoms with Gasteiger partial charge in [0.15, 0.2) is 0 Å². The van der Waals surface area contributed by atoms with Crippen molar-refractivity contribution in [3.05, 3.63) is 0 Å². The molecule has 1 rings (SSSR count). The first-order chi connectivity index (χ1) is 5.90. The van der Waals surface area contributed by atoms with Crippen LogP contribution in [0.2, 0.25) is 0 Å². The van der Waals surface area contributed by atoms with Crippen LogP contribution in [0.3, 0.4) is 0 Å². The zero-order valence-electron chi connectivity index (χ0n) is 7.40. The molecule has 0 aliphatic heterocycles. The highest BCUT2D eigenvalue weighted by atomic mass is 19.4. The van der Waals surface area contributed by atoms with Crippen molar-refractivity contribution in [2.24, 2.45) is 0 Å². The molecule has 13 heavy (non-hydrogen) atoms. The molecule has 0 aromatic carbocycles. The molecule has 0 aromatic rings. The SMILES string of the molecule is CN(CC(F)(F)F)C1CCCC1=O. The topological polar surface area (TPSA) is 20.3 Å². The maximum atomic E-state index is 11.9. The first-order valence-electron chi connectivity index (χ1n) is 4.20. The van der Waals surface area contributed by atoms with Crippen molar-refractivity contribution in [1.82, 2.24) is 4.90 Å². The Bertz CT molecular complexity index is 202. The Hall–Kier alpha value is -0.580. The number of nitrogens with zero attached hydrogens (tertiary/aromatic N) is 1. The van der Waals surface area contributed by atoms with Crippen LogP contribution in [0.15, 0.2) is 0 Å². The van der Waals surface area contributed by atoms with Gasteiger partial charge in [-0.2, -0.15) is 13.2 Å². The van der Waals surface area contributed by atoms with Gasteiger partial charge < -0.3 is 0 Å². The van der Waals surface area contributed by atoms with Gasteiger partial charge in [0.05, 0.1) is 12.6 Å². The highest BCUT2D eigenvalue weighted by Gasteiger charge is 2.35. The van der Waals surface area contributed by atoms with Gasteiger partial charge in [0.2, 0.25) is 0 Å². The Kier molecular flexibility index (Phi) is 2.95. The van der Waals surface area contributed by atoms with Crippen LogP contribution in [-0.2, 0) is 4.79 Å². The van der Waals surface area contributed by atoms with E-state index >= 15 is 0 Å². The minimum atomic E-state index is -4.21. The normalized spacial score (nSPS) is 24.4. The Morgan fingerprint density at radius 2 is 2.15 bits per heavy atom. The first kappa shape index (κ1) is 10.5. The van der Waals surface area contributed by atoms with Gasteiger partial charge in [-0.25, -0.2) is 0 Å². The fourth-order valence-electron chi connectivity index (χ4n) is 1.66. The third kappa shape index (κ3) is 2.99. The molecule has 0 amide bonds. The lowest BCUT2D eigenvalue weighted by Crippen LogP contribution is -2.40. The summed E-state index contributed by atoms with van der Waals surface area (Å²) in [7, 11) is 1.35. The number of Topliss-reactive ketones (excluding diaryl/α,β-unsaturated/α-hetero) is 1. The summed E-state index contributed by atoms with van der Waals surface area (Å²) in [4.78, 5) is 12.2. The number of ketones is 1. The lowest BCUT2D eigenvalue weighted by atomic mass is 10.2. The van der Waals surface area contributed by atoms with Crippen molar-refractivity contribution < 1.29 is 18.0 Å². The fourth-order valence-corrected chi connectivity index (χ4v) is 1.66. The number of hydrogen-bond donors (Lipinski definition) is 0. The van der Waals surface area contributed by atoms with Crippen LogP contribution in [0.1, 0.15) is 19.3 Å². The number of carbonyl (C=O) groups excluding carboxylic acids is 1. The summed E-state index contributed by atoms with van der Waals surface area (Å²) in [5.74, 6) is -0.0632. The standard InChI is InChI=1S/C8H12F3NO/c1-12(5-8(9,10)11)6-3-2-4-7(6)13/h6H,2-5H2,1H3. The van der Waals surface area contributed by atoms with Crippen molar-refractivity contribution in [3.8, 4) is 0 Å². The minimum absolute atomic E-state index is 0.0632. The van der Waals surface area contributed by atoms with Gasteiger partial charge in [-0.15, -0.1) is 0 Å². The number of likely N-dealkylation sites (N-methyl/N-ethyl adjacent to an activating group) is 1. The number of rotatable bonds is 2. The zero-order valence-corrected chi connectivity index (χ0v) is 7.40. The Morgan fingerprint density at radius 1 is 1.54 bits per heavy atom. The molecule has 5 heteroatoms. The monoisotopic (exact) mass is 195 g/mol. The molecule has 1 saturated carbocycles. The van der Waals surface area contributed by atoms with Crippen LogP contribution < -0.4 is 0 Å². The molecule has 2 nitrogen and oxygen atoms in total. The molecule has 0 saturated heterocycles.